The summed E-state index contributed by atoms with van der Waals surface area (Å²) >= 11 is 0. The molecule has 0 aromatic carbocycles. The minimum absolute atomic E-state index is 0.0387. The molecule has 1 amide bonds. The summed E-state index contributed by atoms with van der Waals surface area (Å²) in [4.78, 5) is 28.1. The number of likely N-dealkylation sites (tertiary alicyclic amines) is 1. The van der Waals surface area contributed by atoms with E-state index in [4.69, 9.17) is 4.52 Å². The first-order valence-electron chi connectivity index (χ1n) is 9.02. The van der Waals surface area contributed by atoms with Gasteiger partial charge in [-0.05, 0) is 25.7 Å². The molecule has 0 spiro atoms. The summed E-state index contributed by atoms with van der Waals surface area (Å²) < 4.78 is 5.08. The van der Waals surface area contributed by atoms with Gasteiger partial charge in [0.15, 0.2) is 17.3 Å². The van der Waals surface area contributed by atoms with E-state index in [0.717, 1.165) is 44.1 Å². The van der Waals surface area contributed by atoms with Gasteiger partial charge in [0.2, 0.25) is 0 Å². The molecule has 0 aliphatic carbocycles. The van der Waals surface area contributed by atoms with Gasteiger partial charge in [0.05, 0.1) is 6.04 Å². The molecule has 2 aromatic heterocycles. The Bertz CT molecular complexity index is 804. The van der Waals surface area contributed by atoms with Crippen molar-refractivity contribution in [2.75, 3.05) is 43.5 Å². The van der Waals surface area contributed by atoms with Gasteiger partial charge in [0.1, 0.15) is 5.76 Å². The van der Waals surface area contributed by atoms with Gasteiger partial charge in [-0.3, -0.25) is 4.79 Å². The second-order valence-electron chi connectivity index (χ2n) is 7.27. The predicted molar refractivity (Wildman–Crippen MR) is 97.4 cm³/mol. The summed E-state index contributed by atoms with van der Waals surface area (Å²) in [6.45, 7) is 4.28. The van der Waals surface area contributed by atoms with Crippen LogP contribution in [0.3, 0.4) is 0 Å². The first-order valence-corrected chi connectivity index (χ1v) is 9.02. The third-order valence-electron chi connectivity index (χ3n) is 5.35. The van der Waals surface area contributed by atoms with Crippen molar-refractivity contribution in [3.8, 4) is 0 Å². The standard InChI is InChI=1S/C18H24N6O2/c1-12-10-14(21-26-12)18(25)24-9-5-13-4-8-23(11-15(13)24)17-16(22(2)3)19-6-7-20-17/h6-7,10,13,15H,4-5,8-9,11H2,1-3H3. The Labute approximate surface area is 152 Å². The lowest BCUT2D eigenvalue weighted by Gasteiger charge is -2.39. The van der Waals surface area contributed by atoms with Crippen molar-refractivity contribution in [1.29, 1.82) is 0 Å². The maximum absolute atomic E-state index is 12.9. The number of fused-ring (bicyclic) bond motifs is 1. The molecule has 0 bridgehead atoms. The van der Waals surface area contributed by atoms with E-state index in [2.05, 4.69) is 20.0 Å². The molecule has 26 heavy (non-hydrogen) atoms. The molecule has 2 fully saturated rings. The SMILES string of the molecule is Cc1cc(C(=O)N2CCC3CCN(c4nccnc4N(C)C)CC32)no1. The fourth-order valence-electron chi connectivity index (χ4n) is 4.06. The van der Waals surface area contributed by atoms with Gasteiger partial charge >= 0.3 is 0 Å². The highest BCUT2D eigenvalue weighted by atomic mass is 16.5. The van der Waals surface area contributed by atoms with E-state index < -0.39 is 0 Å². The molecule has 2 atom stereocenters. The molecule has 2 saturated heterocycles. The topological polar surface area (TPSA) is 78.6 Å². The highest BCUT2D eigenvalue weighted by Gasteiger charge is 2.42. The van der Waals surface area contributed by atoms with Crippen molar-refractivity contribution in [1.82, 2.24) is 20.0 Å². The molecule has 4 rings (SSSR count). The van der Waals surface area contributed by atoms with Gasteiger partial charge in [-0.2, -0.15) is 0 Å². The molecule has 2 aliphatic rings. The Morgan fingerprint density at radius 2 is 2.00 bits per heavy atom. The fraction of sp³-hybridized carbons (Fsp3) is 0.556. The van der Waals surface area contributed by atoms with Gasteiger partial charge < -0.3 is 19.2 Å². The summed E-state index contributed by atoms with van der Waals surface area (Å²) in [5.41, 5.74) is 0.397. The number of amides is 1. The van der Waals surface area contributed by atoms with E-state index in [0.29, 0.717) is 17.4 Å². The van der Waals surface area contributed by atoms with Gasteiger partial charge in [-0.25, -0.2) is 9.97 Å². The molecule has 2 unspecified atom stereocenters. The summed E-state index contributed by atoms with van der Waals surface area (Å²) in [6.07, 6.45) is 5.53. The zero-order valence-corrected chi connectivity index (χ0v) is 15.4. The number of aryl methyl sites for hydroxylation is 1. The van der Waals surface area contributed by atoms with Crippen molar-refractivity contribution in [2.45, 2.75) is 25.8 Å². The Morgan fingerprint density at radius 1 is 1.23 bits per heavy atom. The minimum atomic E-state index is -0.0387. The van der Waals surface area contributed by atoms with Crippen molar-refractivity contribution in [3.05, 3.63) is 29.9 Å². The first kappa shape index (κ1) is 16.8. The third kappa shape index (κ3) is 2.89. The van der Waals surface area contributed by atoms with E-state index in [1.54, 1.807) is 25.4 Å². The molecule has 138 valence electrons. The van der Waals surface area contributed by atoms with Crippen LogP contribution in [-0.4, -0.2) is 65.7 Å². The summed E-state index contributed by atoms with van der Waals surface area (Å²) in [7, 11) is 3.94. The quantitative estimate of drug-likeness (QED) is 0.826. The van der Waals surface area contributed by atoms with Crippen molar-refractivity contribution in [2.24, 2.45) is 5.92 Å². The molecule has 4 heterocycles. The van der Waals surface area contributed by atoms with Gasteiger partial charge in [-0.1, -0.05) is 5.16 Å². The number of anilines is 2. The molecule has 8 heteroatoms. The van der Waals surface area contributed by atoms with Crippen LogP contribution in [0.25, 0.3) is 0 Å². The lowest BCUT2D eigenvalue weighted by molar-refractivity contribution is 0.0701. The second-order valence-corrected chi connectivity index (χ2v) is 7.27. The largest absolute Gasteiger partial charge is 0.361 e. The normalized spacial score (nSPS) is 22.4. The third-order valence-corrected chi connectivity index (χ3v) is 5.35. The van der Waals surface area contributed by atoms with Crippen molar-refractivity contribution < 1.29 is 9.32 Å². The first-order chi connectivity index (χ1) is 12.5. The Hall–Kier alpha value is -2.64. The summed E-state index contributed by atoms with van der Waals surface area (Å²) in [5.74, 6) is 2.89. The fourth-order valence-corrected chi connectivity index (χ4v) is 4.06. The molecule has 0 N–H and O–H groups in total. The Kier molecular flexibility index (Phi) is 4.26. The number of piperidine rings is 1. The van der Waals surface area contributed by atoms with Crippen LogP contribution in [0.15, 0.2) is 23.0 Å². The molecular formula is C18H24N6O2. The van der Waals surface area contributed by atoms with Crippen LogP contribution in [-0.2, 0) is 0 Å². The van der Waals surface area contributed by atoms with Crippen LogP contribution < -0.4 is 9.80 Å². The zero-order valence-electron chi connectivity index (χ0n) is 15.4. The minimum Gasteiger partial charge on any atom is -0.361 e. The Balaban J connectivity index is 1.56. The number of nitrogens with zero attached hydrogens (tertiary/aromatic N) is 6. The van der Waals surface area contributed by atoms with Crippen molar-refractivity contribution >= 4 is 17.5 Å². The van der Waals surface area contributed by atoms with Crippen LogP contribution >= 0.6 is 0 Å². The Morgan fingerprint density at radius 3 is 2.73 bits per heavy atom. The van der Waals surface area contributed by atoms with Gasteiger partial charge in [0, 0.05) is 52.2 Å². The molecule has 0 saturated carbocycles. The highest BCUT2D eigenvalue weighted by Crippen LogP contribution is 2.35. The van der Waals surface area contributed by atoms with Gasteiger partial charge in [0.25, 0.3) is 5.91 Å². The van der Waals surface area contributed by atoms with Crippen LogP contribution in [0.4, 0.5) is 11.6 Å². The van der Waals surface area contributed by atoms with Crippen LogP contribution in [0.5, 0.6) is 0 Å². The number of aromatic nitrogens is 3. The van der Waals surface area contributed by atoms with E-state index in [1.807, 2.05) is 23.9 Å². The van der Waals surface area contributed by atoms with E-state index in [9.17, 15) is 4.79 Å². The van der Waals surface area contributed by atoms with Crippen molar-refractivity contribution in [3.63, 3.8) is 0 Å². The molecule has 0 radical (unpaired) electrons. The molecule has 8 nitrogen and oxygen atoms in total. The van der Waals surface area contributed by atoms with Crippen LogP contribution in [0.1, 0.15) is 29.1 Å². The lowest BCUT2D eigenvalue weighted by Crippen LogP contribution is -2.50. The predicted octanol–water partition coefficient (Wildman–Crippen LogP) is 1.58. The summed E-state index contributed by atoms with van der Waals surface area (Å²) in [5, 5.41) is 3.90. The monoisotopic (exact) mass is 356 g/mol. The number of hydrogen-bond donors (Lipinski definition) is 0. The maximum Gasteiger partial charge on any atom is 0.276 e. The lowest BCUT2D eigenvalue weighted by atomic mass is 9.92. The van der Waals surface area contributed by atoms with E-state index in [-0.39, 0.29) is 11.9 Å². The molecule has 2 aromatic rings. The number of hydrogen-bond acceptors (Lipinski definition) is 7. The number of carbonyl (C=O) groups is 1. The van der Waals surface area contributed by atoms with E-state index in [1.165, 1.54) is 0 Å². The number of carbonyl (C=O) groups excluding carboxylic acids is 1. The molecule has 2 aliphatic heterocycles. The second kappa shape index (κ2) is 6.59. The van der Waals surface area contributed by atoms with E-state index >= 15 is 0 Å². The summed E-state index contributed by atoms with van der Waals surface area (Å²) in [6, 6.07) is 1.88. The average Bonchev–Trinajstić information content (AvgIpc) is 3.26. The average molecular weight is 356 g/mol. The maximum atomic E-state index is 12.9. The zero-order chi connectivity index (χ0) is 18.3. The smallest absolute Gasteiger partial charge is 0.276 e. The van der Waals surface area contributed by atoms with Crippen LogP contribution in [0.2, 0.25) is 0 Å². The molecular weight excluding hydrogens is 332 g/mol. The van der Waals surface area contributed by atoms with Crippen LogP contribution in [0, 0.1) is 12.8 Å². The van der Waals surface area contributed by atoms with Gasteiger partial charge in [-0.15, -0.1) is 0 Å². The number of rotatable bonds is 3. The highest BCUT2D eigenvalue weighted by molar-refractivity contribution is 5.92.